The van der Waals surface area contributed by atoms with E-state index in [1.54, 1.807) is 18.2 Å². The van der Waals surface area contributed by atoms with Crippen molar-refractivity contribution in [2.45, 2.75) is 0 Å². The van der Waals surface area contributed by atoms with Crippen LogP contribution in [0.2, 0.25) is 5.02 Å². The van der Waals surface area contributed by atoms with E-state index in [0.29, 0.717) is 10.5 Å². The minimum atomic E-state index is 0.639. The quantitative estimate of drug-likeness (QED) is 0.592. The predicted octanol–water partition coefficient (Wildman–Crippen LogP) is 1.48. The fourth-order valence-corrected chi connectivity index (χ4v) is 0.990. The first-order valence-electron chi connectivity index (χ1n) is 3.02. The molecule has 53 valence electrons. The summed E-state index contributed by atoms with van der Waals surface area (Å²) < 4.78 is 0. The number of rotatable bonds is 0. The third-order valence-corrected chi connectivity index (χ3v) is 1.55. The van der Waals surface area contributed by atoms with Gasteiger partial charge in [-0.2, -0.15) is 0 Å². The van der Waals surface area contributed by atoms with Crippen molar-refractivity contribution in [3.63, 3.8) is 0 Å². The molecule has 0 bridgehead atoms. The van der Waals surface area contributed by atoms with Crippen LogP contribution in [-0.2, 0) is 0 Å². The van der Waals surface area contributed by atoms with Crippen molar-refractivity contribution in [1.29, 1.82) is 0 Å². The molecule has 0 amide bonds. The van der Waals surface area contributed by atoms with Gasteiger partial charge in [0, 0.05) is 5.02 Å². The van der Waals surface area contributed by atoms with Gasteiger partial charge in [-0.05, 0) is 18.2 Å². The highest BCUT2D eigenvalue weighted by Gasteiger charge is 1.95. The van der Waals surface area contributed by atoms with Gasteiger partial charge in [-0.15, -0.1) is 10.2 Å². The minimum absolute atomic E-state index is 0.639. The van der Waals surface area contributed by atoms with Gasteiger partial charge in [0.2, 0.25) is 6.33 Å². The molecule has 0 saturated heterocycles. The molecular formula is C7H3ClN3. The van der Waals surface area contributed by atoms with E-state index in [9.17, 15) is 0 Å². The Balaban J connectivity index is 2.83. The van der Waals surface area contributed by atoms with Crippen LogP contribution in [0.5, 0.6) is 0 Å². The fourth-order valence-electron chi connectivity index (χ4n) is 0.824. The third-order valence-electron chi connectivity index (χ3n) is 1.31. The van der Waals surface area contributed by atoms with Crippen molar-refractivity contribution in [3.05, 3.63) is 29.5 Å². The summed E-state index contributed by atoms with van der Waals surface area (Å²) in [5.41, 5.74) is 1.45. The van der Waals surface area contributed by atoms with Crippen molar-refractivity contribution in [1.82, 2.24) is 15.2 Å². The molecule has 0 N–H and O–H groups in total. The van der Waals surface area contributed by atoms with E-state index in [4.69, 9.17) is 11.6 Å². The molecule has 2 aromatic rings. The molecule has 1 radical (unpaired) electrons. The van der Waals surface area contributed by atoms with Gasteiger partial charge in [0.25, 0.3) is 0 Å². The highest BCUT2D eigenvalue weighted by molar-refractivity contribution is 6.31. The topological polar surface area (TPSA) is 38.7 Å². The molecule has 4 heteroatoms. The maximum absolute atomic E-state index is 5.71. The number of hydrogen-bond donors (Lipinski definition) is 0. The smallest absolute Gasteiger partial charge is 0.222 e. The van der Waals surface area contributed by atoms with Crippen LogP contribution in [-0.4, -0.2) is 15.2 Å². The van der Waals surface area contributed by atoms with Gasteiger partial charge in [0.1, 0.15) is 5.52 Å². The van der Waals surface area contributed by atoms with Gasteiger partial charge in [0.05, 0.1) is 5.52 Å². The maximum Gasteiger partial charge on any atom is 0.222 e. The van der Waals surface area contributed by atoms with E-state index in [1.165, 1.54) is 0 Å². The molecule has 3 nitrogen and oxygen atoms in total. The Bertz CT molecular complexity index is 388. The zero-order valence-corrected chi connectivity index (χ0v) is 6.21. The SMILES string of the molecule is Clc1ccc2n[c]nnc2c1. The Labute approximate surface area is 68.0 Å². The zero-order chi connectivity index (χ0) is 7.68. The van der Waals surface area contributed by atoms with Crippen molar-refractivity contribution < 1.29 is 0 Å². The van der Waals surface area contributed by atoms with Crippen LogP contribution >= 0.6 is 11.6 Å². The molecule has 11 heavy (non-hydrogen) atoms. The molecule has 2 rings (SSSR count). The van der Waals surface area contributed by atoms with E-state index < -0.39 is 0 Å². The summed E-state index contributed by atoms with van der Waals surface area (Å²) in [6, 6.07) is 5.25. The fraction of sp³-hybridized carbons (Fsp3) is 0. The summed E-state index contributed by atoms with van der Waals surface area (Å²) in [7, 11) is 0. The molecular weight excluding hydrogens is 162 g/mol. The van der Waals surface area contributed by atoms with Crippen molar-refractivity contribution in [3.8, 4) is 0 Å². The molecule has 1 heterocycles. The van der Waals surface area contributed by atoms with Crippen LogP contribution in [0.4, 0.5) is 0 Å². The number of aromatic nitrogens is 3. The Morgan fingerprint density at radius 2 is 2.18 bits per heavy atom. The number of fused-ring (bicyclic) bond motifs is 1. The second-order valence-corrected chi connectivity index (χ2v) is 2.48. The van der Waals surface area contributed by atoms with Crippen LogP contribution in [0.3, 0.4) is 0 Å². The molecule has 1 aromatic carbocycles. The molecule has 0 aliphatic heterocycles. The normalized spacial score (nSPS) is 10.3. The van der Waals surface area contributed by atoms with E-state index in [1.807, 2.05) is 0 Å². The third kappa shape index (κ3) is 1.14. The Morgan fingerprint density at radius 3 is 3.09 bits per heavy atom. The molecule has 0 atom stereocenters. The maximum atomic E-state index is 5.71. The Kier molecular flexibility index (Phi) is 1.43. The molecule has 0 unspecified atom stereocenters. The monoisotopic (exact) mass is 164 g/mol. The highest BCUT2D eigenvalue weighted by Crippen LogP contribution is 2.13. The van der Waals surface area contributed by atoms with Crippen molar-refractivity contribution in [2.24, 2.45) is 0 Å². The molecule has 0 aliphatic rings. The first-order chi connectivity index (χ1) is 5.36. The number of benzene rings is 1. The van der Waals surface area contributed by atoms with E-state index in [0.717, 1.165) is 5.52 Å². The Morgan fingerprint density at radius 1 is 1.27 bits per heavy atom. The van der Waals surface area contributed by atoms with E-state index in [-0.39, 0.29) is 0 Å². The van der Waals surface area contributed by atoms with E-state index in [2.05, 4.69) is 21.5 Å². The van der Waals surface area contributed by atoms with Crippen LogP contribution in [0.25, 0.3) is 11.0 Å². The summed E-state index contributed by atoms with van der Waals surface area (Å²) in [6.07, 6.45) is 2.40. The van der Waals surface area contributed by atoms with Crippen molar-refractivity contribution >= 4 is 22.6 Å². The van der Waals surface area contributed by atoms with Gasteiger partial charge in [-0.25, -0.2) is 4.98 Å². The summed E-state index contributed by atoms with van der Waals surface area (Å²) >= 11 is 5.71. The molecule has 0 saturated carbocycles. The lowest BCUT2D eigenvalue weighted by atomic mass is 10.3. The second kappa shape index (κ2) is 2.43. The highest BCUT2D eigenvalue weighted by atomic mass is 35.5. The van der Waals surface area contributed by atoms with Crippen LogP contribution in [0.15, 0.2) is 18.2 Å². The first kappa shape index (κ1) is 6.49. The van der Waals surface area contributed by atoms with E-state index >= 15 is 0 Å². The number of hydrogen-bond acceptors (Lipinski definition) is 3. The lowest BCUT2D eigenvalue weighted by molar-refractivity contribution is 1.01. The largest absolute Gasteiger partial charge is 0.222 e. The van der Waals surface area contributed by atoms with Crippen LogP contribution in [0, 0.1) is 6.33 Å². The van der Waals surface area contributed by atoms with Gasteiger partial charge in [-0.3, -0.25) is 0 Å². The zero-order valence-electron chi connectivity index (χ0n) is 5.45. The van der Waals surface area contributed by atoms with Gasteiger partial charge in [0.15, 0.2) is 0 Å². The lowest BCUT2D eigenvalue weighted by Gasteiger charge is -1.92. The van der Waals surface area contributed by atoms with Gasteiger partial charge >= 0.3 is 0 Å². The van der Waals surface area contributed by atoms with Crippen LogP contribution in [0.1, 0.15) is 0 Å². The second-order valence-electron chi connectivity index (χ2n) is 2.04. The molecule has 0 aliphatic carbocycles. The number of halogens is 1. The summed E-state index contributed by atoms with van der Waals surface area (Å²) in [4.78, 5) is 3.87. The average molecular weight is 165 g/mol. The minimum Gasteiger partial charge on any atom is -0.222 e. The van der Waals surface area contributed by atoms with Crippen LogP contribution < -0.4 is 0 Å². The summed E-state index contributed by atoms with van der Waals surface area (Å²) in [5, 5.41) is 7.94. The summed E-state index contributed by atoms with van der Waals surface area (Å²) in [6.45, 7) is 0. The van der Waals surface area contributed by atoms with Gasteiger partial charge < -0.3 is 0 Å². The number of nitrogens with zero attached hydrogens (tertiary/aromatic N) is 3. The summed E-state index contributed by atoms with van der Waals surface area (Å²) in [5.74, 6) is 0. The Hall–Kier alpha value is -1.22. The standard InChI is InChI=1S/C7H3ClN3/c8-5-1-2-6-7(3-5)11-10-4-9-6/h1-3H. The average Bonchev–Trinajstić information content (AvgIpc) is 2.04. The van der Waals surface area contributed by atoms with Gasteiger partial charge in [-0.1, -0.05) is 11.6 Å². The molecule has 0 fully saturated rings. The predicted molar refractivity (Wildman–Crippen MR) is 41.2 cm³/mol. The first-order valence-corrected chi connectivity index (χ1v) is 3.40. The lowest BCUT2D eigenvalue weighted by Crippen LogP contribution is -1.85. The molecule has 1 aromatic heterocycles. The molecule has 0 spiro atoms. The van der Waals surface area contributed by atoms with Crippen molar-refractivity contribution in [2.75, 3.05) is 0 Å².